The molecule has 0 atom stereocenters. The van der Waals surface area contributed by atoms with Gasteiger partial charge in [-0.2, -0.15) is 0 Å². The van der Waals surface area contributed by atoms with E-state index in [-0.39, 0.29) is 0 Å². The number of nitrogens with two attached hydrogens (primary N) is 1. The third-order valence-electron chi connectivity index (χ3n) is 4.80. The molecule has 0 radical (unpaired) electrons. The number of nitrogens with zero attached hydrogens (tertiary/aromatic N) is 2. The molecule has 0 aliphatic carbocycles. The van der Waals surface area contributed by atoms with E-state index >= 15 is 0 Å². The van der Waals surface area contributed by atoms with Gasteiger partial charge in [-0.15, -0.1) is 0 Å². The van der Waals surface area contributed by atoms with Crippen LogP contribution >= 0.6 is 0 Å². The molecule has 0 aromatic carbocycles. The first-order valence-corrected chi connectivity index (χ1v) is 7.35. The third kappa shape index (κ3) is 3.45. The van der Waals surface area contributed by atoms with Gasteiger partial charge in [-0.25, -0.2) is 10.8 Å². The topological polar surface area (TPSA) is 54.2 Å². The van der Waals surface area contributed by atoms with Crippen molar-refractivity contribution in [3.8, 4) is 0 Å². The van der Waals surface area contributed by atoms with E-state index in [9.17, 15) is 0 Å². The number of pyridine rings is 1. The second-order valence-corrected chi connectivity index (χ2v) is 5.68. The molecule has 106 valence electrons. The Bertz CT molecular complexity index is 391. The second-order valence-electron chi connectivity index (χ2n) is 5.68. The molecule has 1 saturated heterocycles. The maximum absolute atomic E-state index is 5.40. The van der Waals surface area contributed by atoms with Gasteiger partial charge < -0.3 is 5.43 Å². The molecule has 1 aliphatic heterocycles. The van der Waals surface area contributed by atoms with E-state index in [1.807, 2.05) is 12.3 Å². The highest BCUT2D eigenvalue weighted by Gasteiger charge is 2.30. The van der Waals surface area contributed by atoms with Gasteiger partial charge in [-0.3, -0.25) is 4.90 Å². The summed E-state index contributed by atoms with van der Waals surface area (Å²) in [6, 6.07) is 4.10. The van der Waals surface area contributed by atoms with E-state index in [1.165, 1.54) is 44.3 Å². The van der Waals surface area contributed by atoms with Crippen molar-refractivity contribution < 1.29 is 0 Å². The molecular formula is C15H26N4. The number of nitrogens with one attached hydrogen (secondary N) is 1. The Morgan fingerprint density at radius 2 is 2.00 bits per heavy atom. The minimum absolute atomic E-state index is 0.596. The molecule has 0 amide bonds. The Morgan fingerprint density at radius 1 is 1.32 bits per heavy atom. The van der Waals surface area contributed by atoms with Crippen molar-refractivity contribution in [1.29, 1.82) is 0 Å². The zero-order chi connectivity index (χ0) is 13.7. The smallest absolute Gasteiger partial charge is 0.140 e. The maximum atomic E-state index is 5.40. The molecule has 4 nitrogen and oxygen atoms in total. The maximum Gasteiger partial charge on any atom is 0.140 e. The molecule has 0 bridgehead atoms. The Hall–Kier alpha value is -1.13. The number of hydrogen-bond acceptors (Lipinski definition) is 4. The van der Waals surface area contributed by atoms with Crippen LogP contribution in [0.4, 0.5) is 5.82 Å². The molecule has 4 heteroatoms. The van der Waals surface area contributed by atoms with Gasteiger partial charge in [0.05, 0.1) is 0 Å². The molecule has 1 aromatic rings. The fraction of sp³-hybridized carbons (Fsp3) is 0.667. The van der Waals surface area contributed by atoms with E-state index < -0.39 is 0 Å². The SMILES string of the molecule is CCC1(CC)CCN(Cc2ccnc(NN)c2)CC1. The lowest BCUT2D eigenvalue weighted by molar-refractivity contribution is 0.0909. The van der Waals surface area contributed by atoms with Crippen LogP contribution in [0.5, 0.6) is 0 Å². The Kier molecular flexibility index (Phi) is 4.77. The third-order valence-corrected chi connectivity index (χ3v) is 4.80. The summed E-state index contributed by atoms with van der Waals surface area (Å²) in [5.41, 5.74) is 4.48. The van der Waals surface area contributed by atoms with Gasteiger partial charge in [0, 0.05) is 12.7 Å². The fourth-order valence-electron chi connectivity index (χ4n) is 3.05. The Balaban J connectivity index is 1.91. The molecule has 0 unspecified atom stereocenters. The molecule has 2 rings (SSSR count). The van der Waals surface area contributed by atoms with Crippen LogP contribution in [0, 0.1) is 5.41 Å². The van der Waals surface area contributed by atoms with E-state index in [1.54, 1.807) is 0 Å². The fourth-order valence-corrected chi connectivity index (χ4v) is 3.05. The number of hydrazine groups is 1. The van der Waals surface area contributed by atoms with Gasteiger partial charge >= 0.3 is 0 Å². The number of anilines is 1. The van der Waals surface area contributed by atoms with E-state index in [0.717, 1.165) is 12.4 Å². The lowest BCUT2D eigenvalue weighted by Crippen LogP contribution is -2.39. The predicted octanol–water partition coefficient (Wildman–Crippen LogP) is 2.77. The zero-order valence-corrected chi connectivity index (χ0v) is 12.2. The minimum atomic E-state index is 0.596. The summed E-state index contributed by atoms with van der Waals surface area (Å²) in [6.45, 7) is 8.08. The number of nitrogen functional groups attached to an aromatic ring is 1. The molecule has 19 heavy (non-hydrogen) atoms. The minimum Gasteiger partial charge on any atom is -0.308 e. The molecule has 3 N–H and O–H groups in total. The largest absolute Gasteiger partial charge is 0.308 e. The molecule has 0 spiro atoms. The van der Waals surface area contributed by atoms with Crippen molar-refractivity contribution in [3.63, 3.8) is 0 Å². The lowest BCUT2D eigenvalue weighted by Gasteiger charge is -2.41. The van der Waals surface area contributed by atoms with Gasteiger partial charge in [0.15, 0.2) is 0 Å². The first kappa shape index (κ1) is 14.3. The highest BCUT2D eigenvalue weighted by Crippen LogP contribution is 2.38. The quantitative estimate of drug-likeness (QED) is 0.633. The van der Waals surface area contributed by atoms with E-state index in [0.29, 0.717) is 5.41 Å². The van der Waals surface area contributed by atoms with Crippen molar-refractivity contribution in [2.24, 2.45) is 11.3 Å². The molecule has 1 aromatic heterocycles. The van der Waals surface area contributed by atoms with Crippen LogP contribution in [0.3, 0.4) is 0 Å². The van der Waals surface area contributed by atoms with Gasteiger partial charge in [0.25, 0.3) is 0 Å². The van der Waals surface area contributed by atoms with Crippen LogP contribution in [0.2, 0.25) is 0 Å². The van der Waals surface area contributed by atoms with Crippen LogP contribution in [0.1, 0.15) is 45.1 Å². The van der Waals surface area contributed by atoms with Crippen LogP contribution < -0.4 is 11.3 Å². The van der Waals surface area contributed by atoms with Gasteiger partial charge in [0.1, 0.15) is 5.82 Å². The van der Waals surface area contributed by atoms with Crippen LogP contribution in [0.25, 0.3) is 0 Å². The average Bonchev–Trinajstić information content (AvgIpc) is 2.48. The molecule has 2 heterocycles. The number of likely N-dealkylation sites (tertiary alicyclic amines) is 1. The van der Waals surface area contributed by atoms with Gasteiger partial charge in [0.2, 0.25) is 0 Å². The van der Waals surface area contributed by atoms with Crippen LogP contribution in [-0.4, -0.2) is 23.0 Å². The predicted molar refractivity (Wildman–Crippen MR) is 79.6 cm³/mol. The molecule has 1 aliphatic rings. The summed E-state index contributed by atoms with van der Waals surface area (Å²) in [4.78, 5) is 6.69. The summed E-state index contributed by atoms with van der Waals surface area (Å²) >= 11 is 0. The highest BCUT2D eigenvalue weighted by atomic mass is 15.2. The zero-order valence-electron chi connectivity index (χ0n) is 12.2. The van der Waals surface area contributed by atoms with Crippen molar-refractivity contribution in [1.82, 2.24) is 9.88 Å². The summed E-state index contributed by atoms with van der Waals surface area (Å²) in [7, 11) is 0. The van der Waals surface area contributed by atoms with Crippen molar-refractivity contribution in [2.45, 2.75) is 46.1 Å². The first-order chi connectivity index (χ1) is 9.21. The summed E-state index contributed by atoms with van der Waals surface area (Å²) in [6.07, 6.45) is 7.10. The molecule has 1 fully saturated rings. The van der Waals surface area contributed by atoms with Crippen molar-refractivity contribution in [3.05, 3.63) is 23.9 Å². The molecular weight excluding hydrogens is 236 g/mol. The van der Waals surface area contributed by atoms with E-state index in [2.05, 4.69) is 35.2 Å². The Morgan fingerprint density at radius 3 is 2.58 bits per heavy atom. The standard InChI is InChI=1S/C15H26N4/c1-3-15(4-2)6-9-19(10-7-15)12-13-5-8-17-14(11-13)18-16/h5,8,11H,3-4,6-7,9-10,12,16H2,1-2H3,(H,17,18). The number of rotatable bonds is 5. The first-order valence-electron chi connectivity index (χ1n) is 7.35. The number of aromatic nitrogens is 1. The van der Waals surface area contributed by atoms with Gasteiger partial charge in [-0.1, -0.05) is 26.7 Å². The van der Waals surface area contributed by atoms with Crippen molar-refractivity contribution >= 4 is 5.82 Å². The average molecular weight is 262 g/mol. The normalized spacial score (nSPS) is 19.3. The highest BCUT2D eigenvalue weighted by molar-refractivity contribution is 5.35. The number of hydrogen-bond donors (Lipinski definition) is 2. The van der Waals surface area contributed by atoms with Crippen LogP contribution in [0.15, 0.2) is 18.3 Å². The summed E-state index contributed by atoms with van der Waals surface area (Å²) < 4.78 is 0. The van der Waals surface area contributed by atoms with Crippen molar-refractivity contribution in [2.75, 3.05) is 18.5 Å². The second kappa shape index (κ2) is 6.35. The lowest BCUT2D eigenvalue weighted by atomic mass is 9.74. The van der Waals surface area contributed by atoms with Crippen LogP contribution in [-0.2, 0) is 6.54 Å². The molecule has 0 saturated carbocycles. The van der Waals surface area contributed by atoms with E-state index in [4.69, 9.17) is 5.84 Å². The summed E-state index contributed by atoms with van der Waals surface area (Å²) in [5.74, 6) is 6.14. The Labute approximate surface area is 116 Å². The monoisotopic (exact) mass is 262 g/mol. The summed E-state index contributed by atoms with van der Waals surface area (Å²) in [5, 5.41) is 0. The number of piperidine rings is 1. The van der Waals surface area contributed by atoms with Gasteiger partial charge in [-0.05, 0) is 49.0 Å².